The molecule has 2 aromatic carbocycles. The Bertz CT molecular complexity index is 814. The van der Waals surface area contributed by atoms with Crippen molar-refractivity contribution in [3.63, 3.8) is 0 Å². The Morgan fingerprint density at radius 3 is 2.43 bits per heavy atom. The third-order valence-corrected chi connectivity index (χ3v) is 4.58. The van der Waals surface area contributed by atoms with Crippen LogP contribution in [0.3, 0.4) is 0 Å². The van der Waals surface area contributed by atoms with Crippen LogP contribution in [0.4, 0.5) is 5.69 Å². The summed E-state index contributed by atoms with van der Waals surface area (Å²) in [6, 6.07) is 11.4. The fraction of sp³-hybridized carbons (Fsp3) is 0.167. The van der Waals surface area contributed by atoms with Crippen LogP contribution in [-0.2, 0) is 4.79 Å². The third kappa shape index (κ3) is 2.61. The Balaban J connectivity index is 2.14. The molecule has 1 aliphatic rings. The van der Waals surface area contributed by atoms with E-state index in [1.165, 1.54) is 0 Å². The van der Waals surface area contributed by atoms with Gasteiger partial charge in [-0.3, -0.25) is 4.79 Å². The van der Waals surface area contributed by atoms with E-state index in [2.05, 4.69) is 15.9 Å². The van der Waals surface area contributed by atoms with Gasteiger partial charge in [0, 0.05) is 22.7 Å². The van der Waals surface area contributed by atoms with Crippen molar-refractivity contribution in [1.29, 1.82) is 0 Å². The highest BCUT2D eigenvalue weighted by Gasteiger charge is 2.29. The van der Waals surface area contributed by atoms with Crippen molar-refractivity contribution in [3.8, 4) is 11.5 Å². The van der Waals surface area contributed by atoms with Gasteiger partial charge >= 0.3 is 0 Å². The number of hydrogen-bond acceptors (Lipinski definition) is 3. The van der Waals surface area contributed by atoms with Crippen LogP contribution in [0.5, 0.6) is 11.5 Å². The molecule has 0 aromatic heterocycles. The van der Waals surface area contributed by atoms with Crippen LogP contribution in [0.15, 0.2) is 40.9 Å². The van der Waals surface area contributed by atoms with Crippen LogP contribution in [0.1, 0.15) is 11.1 Å². The van der Waals surface area contributed by atoms with Crippen molar-refractivity contribution in [2.75, 3.05) is 26.2 Å². The van der Waals surface area contributed by atoms with Gasteiger partial charge in [-0.25, -0.2) is 0 Å². The lowest BCUT2D eigenvalue weighted by molar-refractivity contribution is -0.112. The number of benzene rings is 2. The number of carbonyl (C=O) groups is 1. The minimum absolute atomic E-state index is 0.0205. The fourth-order valence-corrected chi connectivity index (χ4v) is 3.11. The molecule has 0 fully saturated rings. The number of halogens is 1. The van der Waals surface area contributed by atoms with Gasteiger partial charge in [0.05, 0.1) is 19.9 Å². The monoisotopic (exact) mass is 373 g/mol. The smallest absolute Gasteiger partial charge is 0.258 e. The molecular weight excluding hydrogens is 358 g/mol. The average molecular weight is 374 g/mol. The Morgan fingerprint density at radius 2 is 1.74 bits per heavy atom. The maximum atomic E-state index is 12.5. The molecule has 0 radical (unpaired) electrons. The first-order valence-electron chi connectivity index (χ1n) is 7.07. The summed E-state index contributed by atoms with van der Waals surface area (Å²) in [6.45, 7) is 0. The predicted octanol–water partition coefficient (Wildman–Crippen LogP) is 3.98. The summed E-state index contributed by atoms with van der Waals surface area (Å²) in [4.78, 5) is 14.2. The maximum absolute atomic E-state index is 12.5. The number of likely N-dealkylation sites (N-methyl/N-ethyl adjacent to an activating group) is 1. The second-order valence-electron chi connectivity index (χ2n) is 5.17. The van der Waals surface area contributed by atoms with E-state index >= 15 is 0 Å². The lowest BCUT2D eigenvalue weighted by Crippen LogP contribution is -2.20. The van der Waals surface area contributed by atoms with E-state index in [0.717, 1.165) is 21.3 Å². The molecule has 0 unspecified atom stereocenters. The maximum Gasteiger partial charge on any atom is 0.258 e. The molecule has 5 heteroatoms. The zero-order chi connectivity index (χ0) is 16.6. The Kier molecular flexibility index (Phi) is 4.13. The zero-order valence-electron chi connectivity index (χ0n) is 13.1. The molecule has 23 heavy (non-hydrogen) atoms. The normalized spacial score (nSPS) is 15.0. The molecule has 0 aliphatic carbocycles. The van der Waals surface area contributed by atoms with Crippen molar-refractivity contribution in [1.82, 2.24) is 0 Å². The lowest BCUT2D eigenvalue weighted by Gasteiger charge is -2.10. The lowest BCUT2D eigenvalue weighted by atomic mass is 10.0. The molecule has 1 aliphatic heterocycles. The standard InChI is InChI=1S/C18H16BrNO3/c1-20-15-7-5-4-6-12(15)13(18(20)21)8-11-9-16(22-2)17(23-3)10-14(11)19/h4-10H,1-3H3. The summed E-state index contributed by atoms with van der Waals surface area (Å²) < 4.78 is 11.5. The molecular formula is C18H16BrNO3. The zero-order valence-corrected chi connectivity index (χ0v) is 14.7. The Labute approximate surface area is 143 Å². The number of nitrogens with zero attached hydrogens (tertiary/aromatic N) is 1. The van der Waals surface area contributed by atoms with Crippen molar-refractivity contribution in [2.45, 2.75) is 0 Å². The van der Waals surface area contributed by atoms with E-state index in [0.29, 0.717) is 17.1 Å². The van der Waals surface area contributed by atoms with Gasteiger partial charge in [0.25, 0.3) is 5.91 Å². The Morgan fingerprint density at radius 1 is 1.09 bits per heavy atom. The number of para-hydroxylation sites is 1. The number of fused-ring (bicyclic) bond motifs is 1. The third-order valence-electron chi connectivity index (χ3n) is 3.89. The number of amides is 1. The van der Waals surface area contributed by atoms with Gasteiger partial charge < -0.3 is 14.4 Å². The van der Waals surface area contributed by atoms with E-state index in [-0.39, 0.29) is 5.91 Å². The summed E-state index contributed by atoms with van der Waals surface area (Å²) in [5, 5.41) is 0. The minimum Gasteiger partial charge on any atom is -0.493 e. The van der Waals surface area contributed by atoms with Gasteiger partial charge in [0.2, 0.25) is 0 Å². The van der Waals surface area contributed by atoms with Gasteiger partial charge in [-0.15, -0.1) is 0 Å². The van der Waals surface area contributed by atoms with Crippen LogP contribution in [0, 0.1) is 0 Å². The van der Waals surface area contributed by atoms with E-state index in [1.807, 2.05) is 42.5 Å². The molecule has 0 saturated carbocycles. The van der Waals surface area contributed by atoms with Crippen LogP contribution in [0.2, 0.25) is 0 Å². The van der Waals surface area contributed by atoms with Crippen LogP contribution >= 0.6 is 15.9 Å². The van der Waals surface area contributed by atoms with Crippen LogP contribution in [-0.4, -0.2) is 27.2 Å². The van der Waals surface area contributed by atoms with Gasteiger partial charge in [-0.05, 0) is 29.8 Å². The molecule has 3 rings (SSSR count). The van der Waals surface area contributed by atoms with Gasteiger partial charge in [0.15, 0.2) is 11.5 Å². The van der Waals surface area contributed by atoms with Crippen molar-refractivity contribution in [3.05, 3.63) is 52.0 Å². The molecule has 0 N–H and O–H groups in total. The van der Waals surface area contributed by atoms with E-state index < -0.39 is 0 Å². The Hall–Kier alpha value is -2.27. The van der Waals surface area contributed by atoms with Crippen LogP contribution < -0.4 is 14.4 Å². The van der Waals surface area contributed by atoms with E-state index in [1.54, 1.807) is 26.2 Å². The van der Waals surface area contributed by atoms with E-state index in [4.69, 9.17) is 9.47 Å². The highest BCUT2D eigenvalue weighted by molar-refractivity contribution is 9.10. The molecule has 1 heterocycles. The molecule has 4 nitrogen and oxygen atoms in total. The second-order valence-corrected chi connectivity index (χ2v) is 6.02. The molecule has 0 saturated heterocycles. The number of ether oxygens (including phenoxy) is 2. The highest BCUT2D eigenvalue weighted by Crippen LogP contribution is 2.39. The second kappa shape index (κ2) is 6.08. The van der Waals surface area contributed by atoms with Crippen molar-refractivity contribution in [2.24, 2.45) is 0 Å². The summed E-state index contributed by atoms with van der Waals surface area (Å²) in [5.74, 6) is 1.24. The van der Waals surface area contributed by atoms with Gasteiger partial charge in [-0.2, -0.15) is 0 Å². The predicted molar refractivity (Wildman–Crippen MR) is 95.0 cm³/mol. The van der Waals surface area contributed by atoms with Crippen molar-refractivity contribution < 1.29 is 14.3 Å². The molecule has 118 valence electrons. The minimum atomic E-state index is -0.0205. The topological polar surface area (TPSA) is 38.8 Å². The first-order valence-corrected chi connectivity index (χ1v) is 7.86. The number of carbonyl (C=O) groups excluding carboxylic acids is 1. The fourth-order valence-electron chi connectivity index (χ4n) is 2.67. The summed E-state index contributed by atoms with van der Waals surface area (Å²) in [6.07, 6.45) is 1.87. The largest absolute Gasteiger partial charge is 0.493 e. The van der Waals surface area contributed by atoms with Crippen molar-refractivity contribution >= 4 is 39.2 Å². The number of methoxy groups -OCH3 is 2. The summed E-state index contributed by atoms with van der Waals surface area (Å²) in [5.41, 5.74) is 3.37. The molecule has 2 aromatic rings. The number of hydrogen-bond donors (Lipinski definition) is 0. The van der Waals surface area contributed by atoms with Gasteiger partial charge in [0.1, 0.15) is 0 Å². The number of rotatable bonds is 3. The molecule has 0 spiro atoms. The molecule has 0 bridgehead atoms. The number of anilines is 1. The van der Waals surface area contributed by atoms with Crippen LogP contribution in [0.25, 0.3) is 11.6 Å². The average Bonchev–Trinajstić information content (AvgIpc) is 2.81. The molecule has 0 atom stereocenters. The molecule has 1 amide bonds. The first kappa shape index (κ1) is 15.6. The quantitative estimate of drug-likeness (QED) is 0.763. The van der Waals surface area contributed by atoms with E-state index in [9.17, 15) is 4.79 Å². The van der Waals surface area contributed by atoms with Gasteiger partial charge in [-0.1, -0.05) is 34.1 Å². The first-order chi connectivity index (χ1) is 11.1. The SMILES string of the molecule is COc1cc(Br)c(C=C2C(=O)N(C)c3ccccc32)cc1OC. The summed E-state index contributed by atoms with van der Waals surface area (Å²) in [7, 11) is 4.96. The highest BCUT2D eigenvalue weighted by atomic mass is 79.9. The summed E-state index contributed by atoms with van der Waals surface area (Å²) >= 11 is 3.53.